The summed E-state index contributed by atoms with van der Waals surface area (Å²) < 4.78 is 0. The number of nitrogens with one attached hydrogen (secondary N) is 1. The fraction of sp³-hybridized carbons (Fsp3) is 0.750. The van der Waals surface area contributed by atoms with E-state index in [0.29, 0.717) is 12.5 Å². The van der Waals surface area contributed by atoms with E-state index in [1.54, 1.807) is 0 Å². The van der Waals surface area contributed by atoms with E-state index in [1.165, 1.54) is 0 Å². The van der Waals surface area contributed by atoms with Gasteiger partial charge in [-0.2, -0.15) is 0 Å². The smallest absolute Gasteiger partial charge is 0.394 e. The van der Waals surface area contributed by atoms with Crippen molar-refractivity contribution < 1.29 is 14.7 Å². The molecule has 0 heterocycles. The van der Waals surface area contributed by atoms with Gasteiger partial charge in [0.1, 0.15) is 0 Å². The largest absolute Gasteiger partial charge is 0.474 e. The molecule has 1 unspecified atom stereocenters. The molecular weight excluding hydrogens is 158 g/mol. The van der Waals surface area contributed by atoms with Crippen LogP contribution in [0, 0.1) is 11.3 Å². The summed E-state index contributed by atoms with van der Waals surface area (Å²) >= 11 is 0. The minimum atomic E-state index is -1.41. The first-order chi connectivity index (χ1) is 5.43. The van der Waals surface area contributed by atoms with Crippen LogP contribution in [0.2, 0.25) is 0 Å². The van der Waals surface area contributed by atoms with Crippen LogP contribution in [0.15, 0.2) is 0 Å². The highest BCUT2D eigenvalue weighted by molar-refractivity contribution is 6.31. The Morgan fingerprint density at radius 1 is 1.58 bits per heavy atom. The minimum Gasteiger partial charge on any atom is -0.474 e. The molecule has 1 saturated carbocycles. The summed E-state index contributed by atoms with van der Waals surface area (Å²) in [5.74, 6) is -1.87. The van der Waals surface area contributed by atoms with Crippen LogP contribution in [-0.4, -0.2) is 23.5 Å². The van der Waals surface area contributed by atoms with Gasteiger partial charge in [-0.15, -0.1) is 0 Å². The Bertz CT molecular complexity index is 222. The fourth-order valence-electron chi connectivity index (χ4n) is 1.22. The molecule has 1 aliphatic rings. The lowest BCUT2D eigenvalue weighted by Crippen LogP contribution is -2.32. The first-order valence-electron chi connectivity index (χ1n) is 3.94. The molecule has 0 spiro atoms. The fourth-order valence-corrected chi connectivity index (χ4v) is 1.22. The van der Waals surface area contributed by atoms with Gasteiger partial charge in [-0.05, 0) is 17.8 Å². The third kappa shape index (κ3) is 1.96. The molecule has 0 radical (unpaired) electrons. The Labute approximate surface area is 71.0 Å². The van der Waals surface area contributed by atoms with Gasteiger partial charge >= 0.3 is 11.9 Å². The monoisotopic (exact) mass is 171 g/mol. The zero-order valence-electron chi connectivity index (χ0n) is 7.26. The number of carbonyl (C=O) groups excluding carboxylic acids is 1. The van der Waals surface area contributed by atoms with E-state index in [4.69, 9.17) is 5.11 Å². The molecule has 0 aliphatic heterocycles. The number of rotatable bonds is 2. The second-order valence-electron chi connectivity index (χ2n) is 3.90. The van der Waals surface area contributed by atoms with Crippen molar-refractivity contribution in [2.24, 2.45) is 11.3 Å². The van der Waals surface area contributed by atoms with Gasteiger partial charge in [0.15, 0.2) is 0 Å². The molecule has 68 valence electrons. The van der Waals surface area contributed by atoms with E-state index in [9.17, 15) is 9.59 Å². The van der Waals surface area contributed by atoms with Crippen molar-refractivity contribution in [1.29, 1.82) is 0 Å². The summed E-state index contributed by atoms with van der Waals surface area (Å²) in [5.41, 5.74) is 0.284. The lowest BCUT2D eigenvalue weighted by atomic mass is 10.1. The quantitative estimate of drug-likeness (QED) is 0.584. The van der Waals surface area contributed by atoms with Crippen LogP contribution < -0.4 is 5.32 Å². The van der Waals surface area contributed by atoms with E-state index >= 15 is 0 Å². The van der Waals surface area contributed by atoms with Crippen LogP contribution >= 0.6 is 0 Å². The van der Waals surface area contributed by atoms with Gasteiger partial charge < -0.3 is 10.4 Å². The molecule has 12 heavy (non-hydrogen) atoms. The van der Waals surface area contributed by atoms with Crippen LogP contribution in [0.5, 0.6) is 0 Å². The third-order valence-electron chi connectivity index (χ3n) is 2.42. The van der Waals surface area contributed by atoms with E-state index < -0.39 is 11.9 Å². The van der Waals surface area contributed by atoms with Crippen molar-refractivity contribution in [1.82, 2.24) is 5.32 Å². The summed E-state index contributed by atoms with van der Waals surface area (Å²) in [6.45, 7) is 4.69. The summed E-state index contributed by atoms with van der Waals surface area (Å²) in [4.78, 5) is 20.7. The molecule has 1 rings (SSSR count). The first kappa shape index (κ1) is 9.03. The molecule has 4 nitrogen and oxygen atoms in total. The Balaban J connectivity index is 2.20. The Hall–Kier alpha value is -1.06. The molecule has 0 saturated heterocycles. The number of hydrogen-bond acceptors (Lipinski definition) is 2. The number of carboxylic acid groups (broad SMARTS) is 1. The van der Waals surface area contributed by atoms with Gasteiger partial charge in [-0.25, -0.2) is 4.79 Å². The van der Waals surface area contributed by atoms with E-state index in [0.717, 1.165) is 6.42 Å². The summed E-state index contributed by atoms with van der Waals surface area (Å²) in [7, 11) is 0. The van der Waals surface area contributed by atoms with Crippen LogP contribution in [0.1, 0.15) is 20.3 Å². The molecule has 0 aromatic carbocycles. The number of carboxylic acids is 1. The number of hydrogen-bond donors (Lipinski definition) is 2. The molecule has 1 amide bonds. The van der Waals surface area contributed by atoms with Gasteiger partial charge in [-0.1, -0.05) is 13.8 Å². The van der Waals surface area contributed by atoms with E-state index in [-0.39, 0.29) is 5.41 Å². The molecule has 1 fully saturated rings. The number of amides is 1. The van der Waals surface area contributed by atoms with Gasteiger partial charge in [0.05, 0.1) is 0 Å². The highest BCUT2D eigenvalue weighted by atomic mass is 16.4. The average molecular weight is 171 g/mol. The Kier molecular flexibility index (Phi) is 2.08. The van der Waals surface area contributed by atoms with Crippen molar-refractivity contribution in [2.45, 2.75) is 20.3 Å². The lowest BCUT2D eigenvalue weighted by Gasteiger charge is -2.03. The Morgan fingerprint density at radius 2 is 2.08 bits per heavy atom. The summed E-state index contributed by atoms with van der Waals surface area (Å²) in [6, 6.07) is 0. The number of aliphatic carboxylic acids is 1. The molecular formula is C8H13NO3. The predicted molar refractivity (Wildman–Crippen MR) is 42.5 cm³/mol. The standard InChI is InChI=1S/C8H13NO3/c1-8(2)3-5(8)4-9-6(10)7(11)12/h5H,3-4H2,1-2H3,(H,9,10)(H,11,12). The molecule has 0 bridgehead atoms. The first-order valence-corrected chi connectivity index (χ1v) is 3.94. The van der Waals surface area contributed by atoms with Crippen molar-refractivity contribution in [2.75, 3.05) is 6.54 Å². The van der Waals surface area contributed by atoms with Crippen LogP contribution in [-0.2, 0) is 9.59 Å². The van der Waals surface area contributed by atoms with Crippen molar-refractivity contribution >= 4 is 11.9 Å². The zero-order chi connectivity index (χ0) is 9.35. The molecule has 0 aromatic rings. The van der Waals surface area contributed by atoms with Gasteiger partial charge in [-0.3, -0.25) is 4.79 Å². The molecule has 1 atom stereocenters. The summed E-state index contributed by atoms with van der Waals surface area (Å²) in [6.07, 6.45) is 1.06. The summed E-state index contributed by atoms with van der Waals surface area (Å²) in [5, 5.41) is 10.6. The highest BCUT2D eigenvalue weighted by Crippen LogP contribution is 2.50. The second kappa shape index (κ2) is 2.77. The maximum absolute atomic E-state index is 10.6. The highest BCUT2D eigenvalue weighted by Gasteiger charge is 2.45. The van der Waals surface area contributed by atoms with Gasteiger partial charge in [0.2, 0.25) is 0 Å². The molecule has 1 aliphatic carbocycles. The topological polar surface area (TPSA) is 66.4 Å². The maximum atomic E-state index is 10.6. The lowest BCUT2D eigenvalue weighted by molar-refractivity contribution is -0.150. The number of carbonyl (C=O) groups is 2. The second-order valence-corrected chi connectivity index (χ2v) is 3.90. The van der Waals surface area contributed by atoms with Crippen LogP contribution in [0.4, 0.5) is 0 Å². The minimum absolute atomic E-state index is 0.284. The van der Waals surface area contributed by atoms with Gasteiger partial charge in [0.25, 0.3) is 0 Å². The normalized spacial score (nSPS) is 24.7. The molecule has 2 N–H and O–H groups in total. The SMILES string of the molecule is CC1(C)CC1CNC(=O)C(=O)O. The predicted octanol–water partition coefficient (Wildman–Crippen LogP) is 0.233. The van der Waals surface area contributed by atoms with Crippen molar-refractivity contribution in [3.05, 3.63) is 0 Å². The maximum Gasteiger partial charge on any atom is 0.394 e. The van der Waals surface area contributed by atoms with E-state index in [1.807, 2.05) is 0 Å². The van der Waals surface area contributed by atoms with Gasteiger partial charge in [0, 0.05) is 6.54 Å². The van der Waals surface area contributed by atoms with Crippen molar-refractivity contribution in [3.8, 4) is 0 Å². The molecule has 0 aromatic heterocycles. The van der Waals surface area contributed by atoms with Crippen LogP contribution in [0.3, 0.4) is 0 Å². The van der Waals surface area contributed by atoms with Crippen molar-refractivity contribution in [3.63, 3.8) is 0 Å². The average Bonchev–Trinajstić information content (AvgIpc) is 2.54. The molecule has 4 heteroatoms. The Morgan fingerprint density at radius 3 is 2.42 bits per heavy atom. The zero-order valence-corrected chi connectivity index (χ0v) is 7.26. The third-order valence-corrected chi connectivity index (χ3v) is 2.42. The van der Waals surface area contributed by atoms with Crippen LogP contribution in [0.25, 0.3) is 0 Å². The van der Waals surface area contributed by atoms with E-state index in [2.05, 4.69) is 19.2 Å².